The average Bonchev–Trinajstić information content (AvgIpc) is 2.16. The van der Waals surface area contributed by atoms with Gasteiger partial charge in [-0.2, -0.15) is 0 Å². The van der Waals surface area contributed by atoms with Crippen LogP contribution >= 0.6 is 0 Å². The molecule has 0 bridgehead atoms. The third-order valence-electron chi connectivity index (χ3n) is 2.01. The van der Waals surface area contributed by atoms with E-state index in [-0.39, 0.29) is 17.2 Å². The van der Waals surface area contributed by atoms with Gasteiger partial charge in [0.25, 0.3) is 0 Å². The first-order valence-corrected chi connectivity index (χ1v) is 4.00. The summed E-state index contributed by atoms with van der Waals surface area (Å²) in [6.07, 6.45) is 2.48. The number of nitrogens with two attached hydrogens (primary N) is 1. The molecule has 2 N–H and O–H groups in total. The molecule has 1 aliphatic carbocycles. The average molecular weight is 184 g/mol. The highest BCUT2D eigenvalue weighted by Gasteiger charge is 2.19. The minimum atomic E-state index is -0.373. The van der Waals surface area contributed by atoms with Crippen LogP contribution in [0, 0.1) is 10.1 Å². The van der Waals surface area contributed by atoms with Crippen LogP contribution in [0.15, 0.2) is 23.1 Å². The van der Waals surface area contributed by atoms with Crippen LogP contribution in [-0.4, -0.2) is 18.6 Å². The van der Waals surface area contributed by atoms with E-state index in [4.69, 9.17) is 10.5 Å². The molecule has 0 radical (unpaired) electrons. The molecule has 0 spiro atoms. The van der Waals surface area contributed by atoms with E-state index in [2.05, 4.69) is 0 Å². The summed E-state index contributed by atoms with van der Waals surface area (Å²) in [4.78, 5) is 10.1. The fourth-order valence-electron chi connectivity index (χ4n) is 1.31. The first-order valence-electron chi connectivity index (χ1n) is 4.00. The maximum absolute atomic E-state index is 10.4. The smallest absolute Gasteiger partial charge is 0.247 e. The monoisotopic (exact) mass is 184 g/mol. The van der Waals surface area contributed by atoms with Gasteiger partial charge >= 0.3 is 0 Å². The molecule has 0 aromatic rings. The van der Waals surface area contributed by atoms with Gasteiger partial charge in [0.05, 0.1) is 12.0 Å². The van der Waals surface area contributed by atoms with E-state index in [1.807, 2.05) is 0 Å². The summed E-state index contributed by atoms with van der Waals surface area (Å²) in [5.74, 6) is 0.758. The van der Waals surface area contributed by atoms with Gasteiger partial charge in [0, 0.05) is 31.0 Å². The van der Waals surface area contributed by atoms with Crippen molar-refractivity contribution in [2.75, 3.05) is 13.7 Å². The van der Waals surface area contributed by atoms with Crippen LogP contribution in [0.5, 0.6) is 0 Å². The second kappa shape index (κ2) is 4.04. The van der Waals surface area contributed by atoms with Gasteiger partial charge in [-0.05, 0) is 0 Å². The van der Waals surface area contributed by atoms with Crippen molar-refractivity contribution >= 4 is 0 Å². The molecule has 0 saturated carbocycles. The molecule has 1 rings (SSSR count). The number of rotatable bonds is 3. The van der Waals surface area contributed by atoms with Gasteiger partial charge in [-0.1, -0.05) is 0 Å². The second-order valence-corrected chi connectivity index (χ2v) is 2.75. The number of hydrogen-bond acceptors (Lipinski definition) is 4. The van der Waals surface area contributed by atoms with Crippen molar-refractivity contribution in [3.8, 4) is 0 Å². The third-order valence-corrected chi connectivity index (χ3v) is 2.01. The van der Waals surface area contributed by atoms with Crippen molar-refractivity contribution < 1.29 is 9.66 Å². The van der Waals surface area contributed by atoms with Crippen LogP contribution in [0.2, 0.25) is 0 Å². The van der Waals surface area contributed by atoms with E-state index in [0.29, 0.717) is 12.8 Å². The van der Waals surface area contributed by atoms with Crippen LogP contribution in [0.3, 0.4) is 0 Å². The maximum Gasteiger partial charge on any atom is 0.247 e. The molecule has 0 unspecified atom stereocenters. The van der Waals surface area contributed by atoms with Gasteiger partial charge in [-0.15, -0.1) is 0 Å². The van der Waals surface area contributed by atoms with E-state index in [9.17, 15) is 10.1 Å². The molecule has 72 valence electrons. The normalized spacial score (nSPS) is 16.9. The molecule has 0 aliphatic heterocycles. The van der Waals surface area contributed by atoms with Gasteiger partial charge in [0.2, 0.25) is 5.70 Å². The molecular weight excluding hydrogens is 172 g/mol. The Labute approximate surface area is 76.0 Å². The van der Waals surface area contributed by atoms with E-state index in [0.717, 1.165) is 11.3 Å². The summed E-state index contributed by atoms with van der Waals surface area (Å²) in [5, 5.41) is 10.4. The Morgan fingerprint density at radius 1 is 1.69 bits per heavy atom. The Kier molecular flexibility index (Phi) is 3.02. The Morgan fingerprint density at radius 3 is 2.85 bits per heavy atom. The molecule has 0 amide bonds. The van der Waals surface area contributed by atoms with Crippen LogP contribution in [0.25, 0.3) is 0 Å². The maximum atomic E-state index is 10.4. The van der Waals surface area contributed by atoms with Crippen molar-refractivity contribution in [1.82, 2.24) is 0 Å². The van der Waals surface area contributed by atoms with Gasteiger partial charge in [-0.25, -0.2) is 0 Å². The Morgan fingerprint density at radius 2 is 2.38 bits per heavy atom. The standard InChI is InChI=1S/C8H12N2O3/c1-13-8-3-2-7(10(11)12)4-6(8)5-9/h4H,2-3,5,9H2,1H3. The SMILES string of the molecule is COC1=C(CN)C=C([N+](=O)[O-])CC1. The van der Waals surface area contributed by atoms with Crippen LogP contribution in [0.4, 0.5) is 0 Å². The molecule has 0 atom stereocenters. The van der Waals surface area contributed by atoms with Gasteiger partial charge in [-0.3, -0.25) is 10.1 Å². The molecule has 0 aromatic heterocycles. The number of allylic oxidation sites excluding steroid dienone is 2. The lowest BCUT2D eigenvalue weighted by atomic mass is 10.0. The Bertz CT molecular complexity index is 281. The van der Waals surface area contributed by atoms with Gasteiger partial charge < -0.3 is 10.5 Å². The van der Waals surface area contributed by atoms with Crippen molar-refractivity contribution in [3.05, 3.63) is 33.2 Å². The highest BCUT2D eigenvalue weighted by Crippen LogP contribution is 2.23. The minimum absolute atomic E-state index is 0.209. The Hall–Kier alpha value is -1.36. The van der Waals surface area contributed by atoms with Crippen LogP contribution in [-0.2, 0) is 4.74 Å². The number of nitro groups is 1. The summed E-state index contributed by atoms with van der Waals surface area (Å²) >= 11 is 0. The van der Waals surface area contributed by atoms with E-state index in [1.165, 1.54) is 6.08 Å². The van der Waals surface area contributed by atoms with Gasteiger partial charge in [0.15, 0.2) is 0 Å². The largest absolute Gasteiger partial charge is 0.501 e. The zero-order valence-electron chi connectivity index (χ0n) is 7.45. The fraction of sp³-hybridized carbons (Fsp3) is 0.500. The first-order chi connectivity index (χ1) is 6.19. The van der Waals surface area contributed by atoms with Crippen LogP contribution < -0.4 is 5.73 Å². The van der Waals surface area contributed by atoms with Gasteiger partial charge in [0.1, 0.15) is 5.76 Å². The summed E-state index contributed by atoms with van der Waals surface area (Å²) < 4.78 is 5.06. The zero-order chi connectivity index (χ0) is 9.84. The fourth-order valence-corrected chi connectivity index (χ4v) is 1.31. The third kappa shape index (κ3) is 2.06. The molecule has 5 heteroatoms. The second-order valence-electron chi connectivity index (χ2n) is 2.75. The van der Waals surface area contributed by atoms with Crippen molar-refractivity contribution in [1.29, 1.82) is 0 Å². The summed E-state index contributed by atoms with van der Waals surface area (Å²) in [7, 11) is 1.55. The number of methoxy groups -OCH3 is 1. The summed E-state index contributed by atoms with van der Waals surface area (Å²) in [5.41, 5.74) is 6.36. The minimum Gasteiger partial charge on any atom is -0.501 e. The molecule has 5 nitrogen and oxygen atoms in total. The predicted molar refractivity (Wildman–Crippen MR) is 47.4 cm³/mol. The Balaban J connectivity index is 2.93. The number of hydrogen-bond donors (Lipinski definition) is 1. The lowest BCUT2D eigenvalue weighted by molar-refractivity contribution is -0.428. The molecular formula is C8H12N2O3. The molecule has 0 saturated heterocycles. The molecule has 13 heavy (non-hydrogen) atoms. The highest BCUT2D eigenvalue weighted by atomic mass is 16.6. The number of nitrogens with zero attached hydrogens (tertiary/aromatic N) is 1. The summed E-state index contributed by atoms with van der Waals surface area (Å²) in [6, 6.07) is 0. The van der Waals surface area contributed by atoms with Crippen molar-refractivity contribution in [2.24, 2.45) is 5.73 Å². The highest BCUT2D eigenvalue weighted by molar-refractivity contribution is 5.29. The molecule has 0 heterocycles. The topological polar surface area (TPSA) is 78.4 Å². The van der Waals surface area contributed by atoms with E-state index >= 15 is 0 Å². The van der Waals surface area contributed by atoms with Crippen molar-refractivity contribution in [3.63, 3.8) is 0 Å². The van der Waals surface area contributed by atoms with E-state index < -0.39 is 0 Å². The molecule has 1 aliphatic rings. The van der Waals surface area contributed by atoms with Crippen LogP contribution in [0.1, 0.15) is 12.8 Å². The molecule has 0 fully saturated rings. The first kappa shape index (κ1) is 9.73. The quantitative estimate of drug-likeness (QED) is 0.519. The molecule has 0 aromatic carbocycles. The zero-order valence-corrected chi connectivity index (χ0v) is 7.45. The summed E-state index contributed by atoms with van der Waals surface area (Å²) in [6.45, 7) is 0.278. The lowest BCUT2D eigenvalue weighted by Crippen LogP contribution is -2.12. The van der Waals surface area contributed by atoms with E-state index in [1.54, 1.807) is 7.11 Å². The predicted octanol–water partition coefficient (Wildman–Crippen LogP) is 0.800. The van der Waals surface area contributed by atoms with Crippen molar-refractivity contribution in [2.45, 2.75) is 12.8 Å². The number of ether oxygens (including phenoxy) is 1. The lowest BCUT2D eigenvalue weighted by Gasteiger charge is -2.13.